The van der Waals surface area contributed by atoms with Crippen LogP contribution >= 0.6 is 0 Å². The van der Waals surface area contributed by atoms with Crippen molar-refractivity contribution < 1.29 is 14.0 Å². The molecule has 1 saturated heterocycles. The Labute approximate surface area is 162 Å². The average molecular weight is 380 g/mol. The van der Waals surface area contributed by atoms with Gasteiger partial charge in [0.1, 0.15) is 5.82 Å². The molecule has 2 heterocycles. The third kappa shape index (κ3) is 3.04. The summed E-state index contributed by atoms with van der Waals surface area (Å²) < 4.78 is 13.9. The first-order valence-corrected chi connectivity index (χ1v) is 9.77. The second kappa shape index (κ2) is 6.65. The molecule has 3 fully saturated rings. The van der Waals surface area contributed by atoms with Gasteiger partial charge < -0.3 is 9.80 Å². The number of benzene rings is 1. The fourth-order valence-electron chi connectivity index (χ4n) is 4.58. The Balaban J connectivity index is 1.24. The van der Waals surface area contributed by atoms with Gasteiger partial charge in [0, 0.05) is 24.7 Å². The Morgan fingerprint density at radius 1 is 0.929 bits per heavy atom. The Bertz CT molecular complexity index is 922. The summed E-state index contributed by atoms with van der Waals surface area (Å²) in [6.07, 6.45) is 3.39. The van der Waals surface area contributed by atoms with Gasteiger partial charge in [-0.25, -0.2) is 4.39 Å². The number of halogens is 1. The fourth-order valence-corrected chi connectivity index (χ4v) is 4.58. The minimum atomic E-state index is -0.466. The van der Waals surface area contributed by atoms with Gasteiger partial charge in [0.15, 0.2) is 0 Å². The zero-order valence-electron chi connectivity index (χ0n) is 15.4. The summed E-state index contributed by atoms with van der Waals surface area (Å²) in [5.74, 6) is 0.328. The average Bonchev–Trinajstić information content (AvgIpc) is 3.32. The van der Waals surface area contributed by atoms with Crippen molar-refractivity contribution in [2.75, 3.05) is 13.1 Å². The van der Waals surface area contributed by atoms with Crippen molar-refractivity contribution in [1.82, 2.24) is 20.0 Å². The molecule has 0 N–H and O–H groups in total. The number of carbonyl (C=O) groups is 2. The lowest BCUT2D eigenvalue weighted by Crippen LogP contribution is -2.56. The van der Waals surface area contributed by atoms with Crippen molar-refractivity contribution >= 4 is 11.8 Å². The van der Waals surface area contributed by atoms with Crippen LogP contribution in [0.1, 0.15) is 25.0 Å². The number of hydrogen-bond donors (Lipinski definition) is 0. The van der Waals surface area contributed by atoms with Crippen LogP contribution in [0.3, 0.4) is 0 Å². The van der Waals surface area contributed by atoms with Crippen LogP contribution in [0.2, 0.25) is 0 Å². The number of amides is 2. The van der Waals surface area contributed by atoms with Gasteiger partial charge in [-0.3, -0.25) is 9.59 Å². The predicted octanol–water partition coefficient (Wildman–Crippen LogP) is 2.25. The van der Waals surface area contributed by atoms with Crippen molar-refractivity contribution in [1.29, 1.82) is 0 Å². The Hall–Kier alpha value is -2.83. The standard InChI is InChI=1S/C21H21FN4O2/c22-18-4-2-1-3-17(18)19-6-5-15(23-24-19)12-25-7-8-26(21(28)20(25)27)16-10-13-9-14(13)11-16/h1-6,13-14,16H,7-12H2/t13-,14+,16?. The number of carbonyl (C=O) groups excluding carboxylic acids is 2. The van der Waals surface area contributed by atoms with Gasteiger partial charge in [-0.15, -0.1) is 0 Å². The van der Waals surface area contributed by atoms with Gasteiger partial charge in [0.2, 0.25) is 0 Å². The molecule has 1 unspecified atom stereocenters. The lowest BCUT2D eigenvalue weighted by atomic mass is 10.1. The highest BCUT2D eigenvalue weighted by Gasteiger charge is 2.50. The summed E-state index contributed by atoms with van der Waals surface area (Å²) in [7, 11) is 0. The lowest BCUT2D eigenvalue weighted by Gasteiger charge is -2.37. The summed E-state index contributed by atoms with van der Waals surface area (Å²) >= 11 is 0. The van der Waals surface area contributed by atoms with Gasteiger partial charge in [-0.05, 0) is 55.4 Å². The molecule has 3 aliphatic rings. The second-order valence-electron chi connectivity index (χ2n) is 8.00. The summed E-state index contributed by atoms with van der Waals surface area (Å²) in [4.78, 5) is 28.4. The molecule has 0 spiro atoms. The molecule has 0 bridgehead atoms. The fraction of sp³-hybridized carbons (Fsp3) is 0.429. The topological polar surface area (TPSA) is 66.4 Å². The first kappa shape index (κ1) is 17.3. The molecule has 28 heavy (non-hydrogen) atoms. The highest BCUT2D eigenvalue weighted by molar-refractivity contribution is 6.35. The van der Waals surface area contributed by atoms with Crippen LogP contribution < -0.4 is 0 Å². The lowest BCUT2D eigenvalue weighted by molar-refractivity contribution is -0.158. The first-order chi connectivity index (χ1) is 13.6. The van der Waals surface area contributed by atoms with Crippen LogP contribution in [0.4, 0.5) is 4.39 Å². The summed E-state index contributed by atoms with van der Waals surface area (Å²) in [5, 5.41) is 8.21. The molecular weight excluding hydrogens is 359 g/mol. The zero-order valence-corrected chi connectivity index (χ0v) is 15.4. The monoisotopic (exact) mass is 380 g/mol. The smallest absolute Gasteiger partial charge is 0.312 e. The van der Waals surface area contributed by atoms with Gasteiger partial charge in [-0.2, -0.15) is 10.2 Å². The SMILES string of the molecule is O=C1C(=O)N(C2C[C@@H]3C[C@@H]3C2)CCN1Cc1ccc(-c2ccccc2F)nn1. The van der Waals surface area contributed by atoms with E-state index in [-0.39, 0.29) is 18.4 Å². The Morgan fingerprint density at radius 3 is 2.43 bits per heavy atom. The molecule has 1 aromatic carbocycles. The van der Waals surface area contributed by atoms with Crippen LogP contribution in [0, 0.1) is 17.7 Å². The van der Waals surface area contributed by atoms with Crippen LogP contribution in [0.15, 0.2) is 36.4 Å². The van der Waals surface area contributed by atoms with E-state index in [9.17, 15) is 14.0 Å². The van der Waals surface area contributed by atoms with Gasteiger partial charge in [0.05, 0.1) is 17.9 Å². The van der Waals surface area contributed by atoms with Gasteiger partial charge in [0.25, 0.3) is 0 Å². The third-order valence-electron chi connectivity index (χ3n) is 6.22. The molecule has 3 atom stereocenters. The second-order valence-corrected chi connectivity index (χ2v) is 8.00. The molecule has 2 aliphatic carbocycles. The van der Waals surface area contributed by atoms with Crippen LogP contribution in [-0.2, 0) is 16.1 Å². The summed E-state index contributed by atoms with van der Waals surface area (Å²) in [6.45, 7) is 1.32. The summed E-state index contributed by atoms with van der Waals surface area (Å²) in [5.41, 5.74) is 1.40. The zero-order chi connectivity index (χ0) is 19.3. The number of piperazine rings is 1. The maximum absolute atomic E-state index is 13.9. The van der Waals surface area contributed by atoms with E-state index >= 15 is 0 Å². The highest BCUT2D eigenvalue weighted by Crippen LogP contribution is 2.53. The maximum Gasteiger partial charge on any atom is 0.312 e. The number of fused-ring (bicyclic) bond motifs is 1. The van der Waals surface area contributed by atoms with E-state index in [4.69, 9.17) is 0 Å². The molecule has 6 nitrogen and oxygen atoms in total. The van der Waals surface area contributed by atoms with E-state index in [1.54, 1.807) is 35.2 Å². The first-order valence-electron chi connectivity index (χ1n) is 9.77. The van der Waals surface area contributed by atoms with E-state index in [0.717, 1.165) is 24.7 Å². The van der Waals surface area contributed by atoms with Crippen molar-refractivity contribution in [2.24, 2.45) is 11.8 Å². The van der Waals surface area contributed by atoms with E-state index in [0.29, 0.717) is 30.0 Å². The van der Waals surface area contributed by atoms with Crippen molar-refractivity contribution in [3.05, 3.63) is 47.9 Å². The quantitative estimate of drug-likeness (QED) is 0.763. The summed E-state index contributed by atoms with van der Waals surface area (Å²) in [6, 6.07) is 10.0. The molecule has 2 amide bonds. The Morgan fingerprint density at radius 2 is 1.71 bits per heavy atom. The minimum Gasteiger partial charge on any atom is -0.330 e. The van der Waals surface area contributed by atoms with E-state index in [1.807, 2.05) is 0 Å². The normalized spacial score (nSPS) is 26.5. The predicted molar refractivity (Wildman–Crippen MR) is 99.2 cm³/mol. The third-order valence-corrected chi connectivity index (χ3v) is 6.22. The van der Waals surface area contributed by atoms with E-state index in [2.05, 4.69) is 10.2 Å². The maximum atomic E-state index is 13.9. The molecule has 7 heteroatoms. The number of hydrogen-bond acceptors (Lipinski definition) is 4. The number of aromatic nitrogens is 2. The highest BCUT2D eigenvalue weighted by atomic mass is 19.1. The van der Waals surface area contributed by atoms with Crippen molar-refractivity contribution in [2.45, 2.75) is 31.8 Å². The molecule has 5 rings (SSSR count). The van der Waals surface area contributed by atoms with Gasteiger partial charge >= 0.3 is 11.8 Å². The minimum absolute atomic E-state index is 0.235. The molecule has 144 valence electrons. The molecule has 1 aliphatic heterocycles. The van der Waals surface area contributed by atoms with Gasteiger partial charge in [-0.1, -0.05) is 12.1 Å². The number of nitrogens with zero attached hydrogens (tertiary/aromatic N) is 4. The largest absolute Gasteiger partial charge is 0.330 e. The molecule has 2 saturated carbocycles. The number of rotatable bonds is 4. The van der Waals surface area contributed by atoms with Crippen LogP contribution in [0.5, 0.6) is 0 Å². The Kier molecular flexibility index (Phi) is 4.10. The molecule has 1 aromatic heterocycles. The van der Waals surface area contributed by atoms with Crippen LogP contribution in [-0.4, -0.2) is 50.9 Å². The van der Waals surface area contributed by atoms with E-state index < -0.39 is 11.8 Å². The van der Waals surface area contributed by atoms with E-state index in [1.165, 1.54) is 17.4 Å². The van der Waals surface area contributed by atoms with Crippen molar-refractivity contribution in [3.8, 4) is 11.3 Å². The molecular formula is C21H21FN4O2. The molecule has 2 aromatic rings. The van der Waals surface area contributed by atoms with Crippen molar-refractivity contribution in [3.63, 3.8) is 0 Å². The molecule has 0 radical (unpaired) electrons. The van der Waals surface area contributed by atoms with Crippen LogP contribution in [0.25, 0.3) is 11.3 Å².